The molecule has 4 rings (SSSR count). The maximum atomic E-state index is 11.9. The van der Waals surface area contributed by atoms with Crippen molar-refractivity contribution in [3.8, 4) is 0 Å². The first kappa shape index (κ1) is 33.6. The lowest BCUT2D eigenvalue weighted by Crippen LogP contribution is -2.40. The number of likely N-dealkylation sites (N-methyl/N-ethyl adjacent to an activating group) is 2. The minimum Gasteiger partial charge on any atom is -0.478 e. The minimum absolute atomic E-state index is 0. The van der Waals surface area contributed by atoms with Crippen molar-refractivity contribution in [1.82, 2.24) is 25.1 Å². The molecule has 2 aliphatic heterocycles. The molecule has 3 amide bonds. The summed E-state index contributed by atoms with van der Waals surface area (Å²) in [5, 5.41) is 11.7. The van der Waals surface area contributed by atoms with E-state index in [9.17, 15) is 19.2 Å². The van der Waals surface area contributed by atoms with Crippen LogP contribution in [0.4, 0.5) is 0 Å². The topological polar surface area (TPSA) is 159 Å². The number of pyridine rings is 2. The molecule has 2 aromatic heterocycles. The summed E-state index contributed by atoms with van der Waals surface area (Å²) >= 11 is 22.4. The quantitative estimate of drug-likeness (QED) is 0.437. The molecular formula is C22H25Cl5N6O5. The van der Waals surface area contributed by atoms with Crippen LogP contribution in [-0.2, 0) is 9.59 Å². The van der Waals surface area contributed by atoms with Gasteiger partial charge in [-0.05, 0) is 25.0 Å². The Hall–Kier alpha value is -2.41. The number of amides is 3. The van der Waals surface area contributed by atoms with Crippen molar-refractivity contribution in [2.24, 2.45) is 5.73 Å². The van der Waals surface area contributed by atoms with Crippen LogP contribution in [0.5, 0.6) is 0 Å². The van der Waals surface area contributed by atoms with Gasteiger partial charge in [-0.3, -0.25) is 14.4 Å². The summed E-state index contributed by atoms with van der Waals surface area (Å²) in [5.74, 6) is -1.47. The fraction of sp³-hybridized carbons (Fsp3) is 0.364. The van der Waals surface area contributed by atoms with Gasteiger partial charge >= 0.3 is 5.97 Å². The molecule has 0 bridgehead atoms. The van der Waals surface area contributed by atoms with Crippen LogP contribution in [0.2, 0.25) is 20.4 Å². The Morgan fingerprint density at radius 2 is 1.39 bits per heavy atom. The van der Waals surface area contributed by atoms with Gasteiger partial charge in [-0.1, -0.05) is 46.4 Å². The molecule has 0 saturated carbocycles. The van der Waals surface area contributed by atoms with E-state index in [0.29, 0.717) is 13.0 Å². The van der Waals surface area contributed by atoms with Crippen molar-refractivity contribution in [1.29, 1.82) is 0 Å². The molecule has 2 aromatic rings. The number of carboxylic acid groups (broad SMARTS) is 1. The Bertz CT molecular complexity index is 1180. The van der Waals surface area contributed by atoms with Crippen LogP contribution in [0.1, 0.15) is 33.6 Å². The lowest BCUT2D eigenvalue weighted by Gasteiger charge is -2.12. The highest BCUT2D eigenvalue weighted by molar-refractivity contribution is 6.41. The highest BCUT2D eigenvalue weighted by atomic mass is 35.5. The molecule has 2 atom stereocenters. The third kappa shape index (κ3) is 9.40. The number of likely N-dealkylation sites (tertiary alicyclic amines) is 2. The first-order valence-corrected chi connectivity index (χ1v) is 12.2. The molecule has 0 aromatic carbocycles. The van der Waals surface area contributed by atoms with Crippen LogP contribution in [0.15, 0.2) is 24.5 Å². The van der Waals surface area contributed by atoms with Crippen molar-refractivity contribution < 1.29 is 24.3 Å². The van der Waals surface area contributed by atoms with Crippen LogP contribution in [0.25, 0.3) is 0 Å². The number of rotatable bonds is 3. The summed E-state index contributed by atoms with van der Waals surface area (Å²) in [6.07, 6.45) is 3.90. The fourth-order valence-corrected chi connectivity index (χ4v) is 3.67. The van der Waals surface area contributed by atoms with Crippen LogP contribution in [0.3, 0.4) is 0 Å². The number of hydrogen-bond donors (Lipinski definition) is 3. The van der Waals surface area contributed by atoms with E-state index in [1.807, 2.05) is 0 Å². The van der Waals surface area contributed by atoms with E-state index >= 15 is 0 Å². The summed E-state index contributed by atoms with van der Waals surface area (Å²) in [6.45, 7) is 1.46. The zero-order valence-electron chi connectivity index (χ0n) is 20.2. The Labute approximate surface area is 245 Å². The number of nitrogens with two attached hydrogens (primary N) is 1. The second-order valence-electron chi connectivity index (χ2n) is 8.03. The molecule has 4 heterocycles. The van der Waals surface area contributed by atoms with E-state index in [0.717, 1.165) is 19.2 Å². The third-order valence-corrected chi connectivity index (χ3v) is 6.68. The predicted octanol–water partition coefficient (Wildman–Crippen LogP) is 3.03. The van der Waals surface area contributed by atoms with E-state index in [1.54, 1.807) is 23.9 Å². The number of nitrogens with zero attached hydrogens (tertiary/aromatic N) is 4. The number of nitrogens with one attached hydrogen (secondary N) is 1. The van der Waals surface area contributed by atoms with E-state index < -0.39 is 12.0 Å². The molecule has 2 fully saturated rings. The molecule has 0 radical (unpaired) electrons. The first-order valence-electron chi connectivity index (χ1n) is 10.7. The molecule has 11 nitrogen and oxygen atoms in total. The maximum absolute atomic E-state index is 11.9. The SMILES string of the molecule is CN1CCC(NC(=O)c2cnc(Cl)c(Cl)c2)C1=O.CN1CC[C@@H](N)C1=O.Cl.O=C(O)c1cnc(Cl)c(Cl)c1. The van der Waals surface area contributed by atoms with Gasteiger partial charge in [-0.25, -0.2) is 14.8 Å². The van der Waals surface area contributed by atoms with Gasteiger partial charge in [0.1, 0.15) is 16.3 Å². The van der Waals surface area contributed by atoms with E-state index in [-0.39, 0.29) is 67.6 Å². The van der Waals surface area contributed by atoms with Crippen molar-refractivity contribution in [3.05, 3.63) is 56.0 Å². The van der Waals surface area contributed by atoms with Gasteiger partial charge in [-0.2, -0.15) is 0 Å². The van der Waals surface area contributed by atoms with Crippen molar-refractivity contribution in [2.45, 2.75) is 24.9 Å². The van der Waals surface area contributed by atoms with Crippen molar-refractivity contribution in [2.75, 3.05) is 27.2 Å². The average Bonchev–Trinajstić information content (AvgIpc) is 3.33. The number of carboxylic acids is 1. The van der Waals surface area contributed by atoms with Crippen molar-refractivity contribution in [3.63, 3.8) is 0 Å². The summed E-state index contributed by atoms with van der Waals surface area (Å²) in [7, 11) is 3.48. The standard InChI is InChI=1S/C11H11Cl2N3O2.C6H3Cl2NO2.C5H10N2O.ClH/c1-16-3-2-8(11(16)18)15-10(17)6-4-7(12)9(13)14-5-6;7-4-1-3(6(10)11)2-9-5(4)8;1-7-3-2-4(6)5(7)8;/h4-5,8H,2-3H2,1H3,(H,15,17);1-2H,(H,10,11);4H,2-3,6H2,1H3;1H/t;;4-;/m..1./s1. The summed E-state index contributed by atoms with van der Waals surface area (Å²) in [6, 6.07) is 1.98. The number of aromatic carboxylic acids is 1. The fourth-order valence-electron chi connectivity index (χ4n) is 3.13. The van der Waals surface area contributed by atoms with Crippen LogP contribution < -0.4 is 11.1 Å². The first-order chi connectivity index (χ1) is 17.3. The zero-order chi connectivity index (χ0) is 27.9. The monoisotopic (exact) mass is 628 g/mol. The number of hydrogen-bond acceptors (Lipinski definition) is 7. The molecular weight excluding hydrogens is 606 g/mol. The summed E-state index contributed by atoms with van der Waals surface area (Å²) < 4.78 is 0. The van der Waals surface area contributed by atoms with E-state index in [2.05, 4.69) is 15.3 Å². The zero-order valence-corrected chi connectivity index (χ0v) is 24.0. The van der Waals surface area contributed by atoms with Crippen LogP contribution in [-0.4, -0.2) is 87.8 Å². The molecule has 2 aliphatic rings. The van der Waals surface area contributed by atoms with Gasteiger partial charge in [0.25, 0.3) is 5.91 Å². The Morgan fingerprint density at radius 1 is 0.921 bits per heavy atom. The van der Waals surface area contributed by atoms with Crippen molar-refractivity contribution >= 4 is 82.5 Å². The maximum Gasteiger partial charge on any atom is 0.337 e. The van der Waals surface area contributed by atoms with E-state index in [1.165, 1.54) is 18.3 Å². The molecule has 2 saturated heterocycles. The van der Waals surface area contributed by atoms with Gasteiger partial charge in [0.2, 0.25) is 11.8 Å². The molecule has 38 heavy (non-hydrogen) atoms. The summed E-state index contributed by atoms with van der Waals surface area (Å²) in [4.78, 5) is 55.1. The molecule has 4 N–H and O–H groups in total. The second kappa shape index (κ2) is 15.2. The van der Waals surface area contributed by atoms with Gasteiger partial charge in [0.05, 0.1) is 27.2 Å². The molecule has 16 heteroatoms. The Morgan fingerprint density at radius 3 is 1.76 bits per heavy atom. The lowest BCUT2D eigenvalue weighted by molar-refractivity contribution is -0.128. The highest BCUT2D eigenvalue weighted by Crippen LogP contribution is 2.20. The highest BCUT2D eigenvalue weighted by Gasteiger charge is 2.30. The number of carbonyl (C=O) groups is 4. The summed E-state index contributed by atoms with van der Waals surface area (Å²) in [5.41, 5.74) is 5.69. The predicted molar refractivity (Wildman–Crippen MR) is 146 cm³/mol. The molecule has 1 unspecified atom stereocenters. The largest absolute Gasteiger partial charge is 0.478 e. The van der Waals surface area contributed by atoms with Gasteiger partial charge < -0.3 is 26.0 Å². The van der Waals surface area contributed by atoms with Gasteiger partial charge in [0, 0.05) is 39.6 Å². The second-order valence-corrected chi connectivity index (χ2v) is 9.56. The lowest BCUT2D eigenvalue weighted by atomic mass is 10.2. The van der Waals surface area contributed by atoms with Gasteiger partial charge in [-0.15, -0.1) is 12.4 Å². The van der Waals surface area contributed by atoms with E-state index in [4.69, 9.17) is 57.2 Å². The molecule has 0 spiro atoms. The molecule has 208 valence electrons. The third-order valence-electron chi connectivity index (χ3n) is 5.30. The number of carbonyl (C=O) groups excluding carboxylic acids is 3. The van der Waals surface area contributed by atoms with Crippen LogP contribution in [0, 0.1) is 0 Å². The Kier molecular flexibility index (Phi) is 13.5. The number of aromatic nitrogens is 2. The normalized spacial score (nSPS) is 18.1. The van der Waals surface area contributed by atoms with Gasteiger partial charge in [0.15, 0.2) is 0 Å². The minimum atomic E-state index is -1.07. The smallest absolute Gasteiger partial charge is 0.337 e. The number of halogens is 5. The average molecular weight is 631 g/mol. The van der Waals surface area contributed by atoms with Crippen LogP contribution >= 0.6 is 58.8 Å². The molecule has 0 aliphatic carbocycles. The Balaban J connectivity index is 0.000000309.